The minimum atomic E-state index is -0.414. The first-order valence-electron chi connectivity index (χ1n) is 10.5. The maximum absolute atomic E-state index is 12.3. The van der Waals surface area contributed by atoms with Crippen LogP contribution in [0.4, 0.5) is 0 Å². The van der Waals surface area contributed by atoms with E-state index in [0.29, 0.717) is 23.0 Å². The summed E-state index contributed by atoms with van der Waals surface area (Å²) in [6, 6.07) is 20.1. The van der Waals surface area contributed by atoms with Gasteiger partial charge >= 0.3 is 5.97 Å². The molecule has 0 bridgehead atoms. The fraction of sp³-hybridized carbons (Fsp3) is 0.192. The Kier molecular flexibility index (Phi) is 8.59. The van der Waals surface area contributed by atoms with Crippen LogP contribution in [0.3, 0.4) is 0 Å². The van der Waals surface area contributed by atoms with E-state index < -0.39 is 5.97 Å². The van der Waals surface area contributed by atoms with Gasteiger partial charge in [0.1, 0.15) is 11.5 Å². The summed E-state index contributed by atoms with van der Waals surface area (Å²) in [4.78, 5) is 24.4. The quantitative estimate of drug-likeness (QED) is 0.131. The van der Waals surface area contributed by atoms with Gasteiger partial charge in [-0.15, -0.1) is 0 Å². The molecule has 1 N–H and O–H groups in total. The molecule has 170 valence electrons. The number of hydrogen-bond acceptors (Lipinski definition) is 5. The summed E-state index contributed by atoms with van der Waals surface area (Å²) in [5.74, 6) is 0.721. The van der Waals surface area contributed by atoms with Crippen LogP contribution < -0.4 is 14.9 Å². The van der Waals surface area contributed by atoms with E-state index >= 15 is 0 Å². The van der Waals surface area contributed by atoms with Crippen molar-refractivity contribution in [1.82, 2.24) is 5.43 Å². The highest BCUT2D eigenvalue weighted by molar-refractivity contribution is 14.1. The maximum atomic E-state index is 12.3. The van der Waals surface area contributed by atoms with E-state index in [-0.39, 0.29) is 12.5 Å². The van der Waals surface area contributed by atoms with Gasteiger partial charge in [-0.3, -0.25) is 4.79 Å². The van der Waals surface area contributed by atoms with Gasteiger partial charge in [0.15, 0.2) is 6.61 Å². The predicted molar refractivity (Wildman–Crippen MR) is 137 cm³/mol. The first kappa shape index (κ1) is 24.4. The molecule has 3 aromatic rings. The first-order chi connectivity index (χ1) is 15.8. The number of esters is 1. The summed E-state index contributed by atoms with van der Waals surface area (Å²) < 4.78 is 11.9. The second kappa shape index (κ2) is 11.6. The average molecular weight is 556 g/mol. The van der Waals surface area contributed by atoms with E-state index in [4.69, 9.17) is 9.47 Å². The Balaban J connectivity index is 1.49. The summed E-state index contributed by atoms with van der Waals surface area (Å²) in [6.07, 6.45) is 1.51. The number of halogens is 1. The van der Waals surface area contributed by atoms with Crippen molar-refractivity contribution < 1.29 is 19.1 Å². The molecular weight excluding hydrogens is 531 g/mol. The number of benzene rings is 3. The van der Waals surface area contributed by atoms with Gasteiger partial charge in [-0.2, -0.15) is 5.10 Å². The lowest BCUT2D eigenvalue weighted by Crippen LogP contribution is -2.24. The molecule has 0 fully saturated rings. The van der Waals surface area contributed by atoms with Crippen molar-refractivity contribution in [2.75, 3.05) is 6.61 Å². The molecule has 1 amide bonds. The summed E-state index contributed by atoms with van der Waals surface area (Å²) in [5.41, 5.74) is 5.83. The fourth-order valence-electron chi connectivity index (χ4n) is 2.90. The fourth-order valence-corrected chi connectivity index (χ4v) is 3.50. The third-order valence-electron chi connectivity index (χ3n) is 4.82. The summed E-state index contributed by atoms with van der Waals surface area (Å²) in [5, 5.41) is 3.96. The van der Waals surface area contributed by atoms with E-state index in [2.05, 4.69) is 53.0 Å². The maximum Gasteiger partial charge on any atom is 0.344 e. The minimum absolute atomic E-state index is 0.132. The van der Waals surface area contributed by atoms with Gasteiger partial charge < -0.3 is 9.47 Å². The highest BCUT2D eigenvalue weighted by atomic mass is 127. The van der Waals surface area contributed by atoms with Crippen LogP contribution in [-0.4, -0.2) is 24.7 Å². The van der Waals surface area contributed by atoms with Gasteiger partial charge in [0, 0.05) is 3.57 Å². The van der Waals surface area contributed by atoms with Gasteiger partial charge in [0.2, 0.25) is 0 Å². The molecule has 0 heterocycles. The first-order valence-corrected chi connectivity index (χ1v) is 11.5. The van der Waals surface area contributed by atoms with Crippen LogP contribution in [0, 0.1) is 10.5 Å². The van der Waals surface area contributed by atoms with Crippen LogP contribution in [0.1, 0.15) is 46.8 Å². The lowest BCUT2D eigenvalue weighted by molar-refractivity contribution is -0.123. The number of hydrazone groups is 1. The molecule has 3 aromatic carbocycles. The highest BCUT2D eigenvalue weighted by Gasteiger charge is 2.11. The normalized spacial score (nSPS) is 10.9. The molecule has 0 aromatic heterocycles. The summed E-state index contributed by atoms with van der Waals surface area (Å²) in [7, 11) is 0. The minimum Gasteiger partial charge on any atom is -0.483 e. The van der Waals surface area contributed by atoms with E-state index in [1.807, 2.05) is 31.2 Å². The molecular formula is C26H25IN2O4. The van der Waals surface area contributed by atoms with Crippen LogP contribution >= 0.6 is 22.6 Å². The van der Waals surface area contributed by atoms with Crippen molar-refractivity contribution in [2.24, 2.45) is 5.10 Å². The number of carbonyl (C=O) groups is 2. The topological polar surface area (TPSA) is 77.0 Å². The van der Waals surface area contributed by atoms with E-state index in [0.717, 1.165) is 20.3 Å². The lowest BCUT2D eigenvalue weighted by atomic mass is 10.0. The Bertz CT molecular complexity index is 1160. The molecule has 0 aliphatic carbocycles. The van der Waals surface area contributed by atoms with Gasteiger partial charge in [0.25, 0.3) is 5.91 Å². The molecule has 0 aliphatic rings. The second-order valence-corrected chi connectivity index (χ2v) is 8.86. The van der Waals surface area contributed by atoms with Gasteiger partial charge in [-0.05, 0) is 94.6 Å². The summed E-state index contributed by atoms with van der Waals surface area (Å²) >= 11 is 2.10. The number of carbonyl (C=O) groups excluding carboxylic acids is 2. The summed E-state index contributed by atoms with van der Waals surface area (Å²) in [6.45, 7) is 6.02. The molecule has 0 saturated heterocycles. The molecule has 0 atom stereocenters. The zero-order valence-electron chi connectivity index (χ0n) is 18.7. The van der Waals surface area contributed by atoms with Crippen LogP contribution in [-0.2, 0) is 4.79 Å². The average Bonchev–Trinajstić information content (AvgIpc) is 2.79. The van der Waals surface area contributed by atoms with Crippen molar-refractivity contribution in [3.8, 4) is 11.5 Å². The zero-order chi connectivity index (χ0) is 23.8. The van der Waals surface area contributed by atoms with Crippen molar-refractivity contribution in [1.29, 1.82) is 0 Å². The van der Waals surface area contributed by atoms with Crippen LogP contribution in [0.5, 0.6) is 11.5 Å². The van der Waals surface area contributed by atoms with Crippen LogP contribution in [0.25, 0.3) is 0 Å². The van der Waals surface area contributed by atoms with Crippen molar-refractivity contribution in [3.05, 3.63) is 92.6 Å². The predicted octanol–water partition coefficient (Wildman–Crippen LogP) is 5.47. The van der Waals surface area contributed by atoms with Crippen LogP contribution in [0.15, 0.2) is 71.8 Å². The molecule has 0 radical (unpaired) electrons. The Morgan fingerprint density at radius 2 is 1.79 bits per heavy atom. The Morgan fingerprint density at radius 1 is 1.06 bits per heavy atom. The van der Waals surface area contributed by atoms with Gasteiger partial charge in [-0.1, -0.05) is 38.1 Å². The molecule has 0 unspecified atom stereocenters. The molecule has 33 heavy (non-hydrogen) atoms. The zero-order valence-corrected chi connectivity index (χ0v) is 20.8. The second-order valence-electron chi connectivity index (χ2n) is 7.70. The number of rotatable bonds is 8. The van der Waals surface area contributed by atoms with E-state index in [9.17, 15) is 9.59 Å². The molecule has 0 aliphatic heterocycles. The molecule has 0 spiro atoms. The Morgan fingerprint density at radius 3 is 2.48 bits per heavy atom. The molecule has 3 rings (SSSR count). The number of nitrogens with zero attached hydrogens (tertiary/aromatic N) is 1. The number of nitrogens with one attached hydrogen (secondary N) is 1. The highest BCUT2D eigenvalue weighted by Crippen LogP contribution is 2.24. The van der Waals surface area contributed by atoms with Gasteiger partial charge in [0.05, 0.1) is 11.8 Å². The van der Waals surface area contributed by atoms with E-state index in [1.54, 1.807) is 36.4 Å². The lowest BCUT2D eigenvalue weighted by Gasteiger charge is -2.12. The van der Waals surface area contributed by atoms with E-state index in [1.165, 1.54) is 6.21 Å². The van der Waals surface area contributed by atoms with Crippen molar-refractivity contribution in [2.45, 2.75) is 26.7 Å². The van der Waals surface area contributed by atoms with Crippen LogP contribution in [0.2, 0.25) is 0 Å². The Hall–Kier alpha value is -3.20. The van der Waals surface area contributed by atoms with Crippen molar-refractivity contribution >= 4 is 40.7 Å². The smallest absolute Gasteiger partial charge is 0.344 e. The monoisotopic (exact) mass is 556 g/mol. The molecule has 7 heteroatoms. The number of aryl methyl sites for hydroxylation is 1. The third-order valence-corrected chi connectivity index (χ3v) is 5.77. The van der Waals surface area contributed by atoms with Gasteiger partial charge in [-0.25, -0.2) is 10.2 Å². The third kappa shape index (κ3) is 7.15. The molecule has 6 nitrogen and oxygen atoms in total. The van der Waals surface area contributed by atoms with Crippen molar-refractivity contribution in [3.63, 3.8) is 0 Å². The molecule has 0 saturated carbocycles. The SMILES string of the molecule is Cc1ccc(C(C)C)cc1OCC(=O)N/N=C\c1ccc(OC(=O)c2ccccc2I)cc1. The Labute approximate surface area is 207 Å². The largest absolute Gasteiger partial charge is 0.483 e. The number of amides is 1. The standard InChI is InChI=1S/C26H25IN2O4/c1-17(2)20-11-8-18(3)24(14-20)32-16-25(30)29-28-15-19-9-12-21(13-10-19)33-26(31)22-6-4-5-7-23(22)27/h4-15,17H,16H2,1-3H3,(H,29,30)/b28-15-. The number of ether oxygens (including phenoxy) is 2. The number of hydrogen-bond donors (Lipinski definition) is 1.